The van der Waals surface area contributed by atoms with E-state index in [1.54, 1.807) is 0 Å². The molecule has 0 aliphatic carbocycles. The normalized spacial score (nSPS) is 15.2. The van der Waals surface area contributed by atoms with E-state index in [0.717, 1.165) is 26.2 Å². The van der Waals surface area contributed by atoms with Crippen LogP contribution >= 0.6 is 11.8 Å². The molecule has 1 fully saturated rings. The Hall–Kier alpha value is -1.45. The Labute approximate surface area is 133 Å². The summed E-state index contributed by atoms with van der Waals surface area (Å²) in [6, 6.07) is 15.5. The SMILES string of the molecule is Cc1ccc(Sc2ccccc2N2CCNCC2)c(C)c1.[2H]. The van der Waals surface area contributed by atoms with Crippen molar-refractivity contribution in [2.75, 3.05) is 31.1 Å². The maximum Gasteiger partial charge on any atom is 0.0508 e. The van der Waals surface area contributed by atoms with E-state index < -0.39 is 0 Å². The van der Waals surface area contributed by atoms with Gasteiger partial charge in [-0.25, -0.2) is 0 Å². The van der Waals surface area contributed by atoms with E-state index in [2.05, 4.69) is 66.5 Å². The van der Waals surface area contributed by atoms with Gasteiger partial charge in [0.2, 0.25) is 0 Å². The quantitative estimate of drug-likeness (QED) is 0.923. The predicted octanol–water partition coefficient (Wildman–Crippen LogP) is 3.98. The summed E-state index contributed by atoms with van der Waals surface area (Å²) < 4.78 is 0. The predicted molar refractivity (Wildman–Crippen MR) is 92.7 cm³/mol. The van der Waals surface area contributed by atoms with Gasteiger partial charge in [0.25, 0.3) is 0 Å². The first-order valence-corrected chi connectivity index (χ1v) is 8.35. The molecule has 2 aromatic carbocycles. The second-order valence-corrected chi connectivity index (χ2v) is 6.66. The van der Waals surface area contributed by atoms with Crippen molar-refractivity contribution in [1.29, 1.82) is 0 Å². The van der Waals surface area contributed by atoms with Crippen LogP contribution < -0.4 is 10.2 Å². The number of piperazine rings is 1. The first-order chi connectivity index (χ1) is 10.2. The van der Waals surface area contributed by atoms with E-state index in [4.69, 9.17) is 0 Å². The summed E-state index contributed by atoms with van der Waals surface area (Å²) in [7, 11) is 0. The third kappa shape index (κ3) is 3.42. The lowest BCUT2D eigenvalue weighted by atomic mass is 10.2. The molecule has 111 valence electrons. The Kier molecular flexibility index (Phi) is 4.51. The fourth-order valence-corrected chi connectivity index (χ4v) is 3.78. The zero-order chi connectivity index (χ0) is 14.7. The molecule has 1 radical (unpaired) electrons. The van der Waals surface area contributed by atoms with Crippen LogP contribution in [0.25, 0.3) is 0 Å². The van der Waals surface area contributed by atoms with Crippen molar-refractivity contribution in [2.45, 2.75) is 23.6 Å². The van der Waals surface area contributed by atoms with Crippen LogP contribution in [0.2, 0.25) is 0 Å². The number of nitrogens with zero attached hydrogens (tertiary/aromatic N) is 1. The number of benzene rings is 2. The van der Waals surface area contributed by atoms with Gasteiger partial charge in [-0.3, -0.25) is 0 Å². The molecule has 0 unspecified atom stereocenters. The second-order valence-electron chi connectivity index (χ2n) is 5.58. The van der Waals surface area contributed by atoms with Gasteiger partial charge in [-0.1, -0.05) is 41.6 Å². The van der Waals surface area contributed by atoms with Crippen molar-refractivity contribution in [3.05, 3.63) is 53.6 Å². The van der Waals surface area contributed by atoms with Crippen molar-refractivity contribution >= 4 is 17.4 Å². The van der Waals surface area contributed by atoms with Crippen molar-refractivity contribution < 1.29 is 1.43 Å². The Balaban J connectivity index is 0.00000176. The molecule has 0 spiro atoms. The third-order valence-electron chi connectivity index (χ3n) is 3.87. The molecule has 1 heterocycles. The smallest absolute Gasteiger partial charge is 0.0508 e. The van der Waals surface area contributed by atoms with Gasteiger partial charge in [-0.15, -0.1) is 0 Å². The molecule has 0 bridgehead atoms. The first kappa shape index (κ1) is 14.5. The number of nitrogens with one attached hydrogen (secondary N) is 1. The molecule has 0 atom stereocenters. The number of anilines is 1. The third-order valence-corrected chi connectivity index (χ3v) is 5.12. The van der Waals surface area contributed by atoms with Crippen molar-refractivity contribution in [1.82, 2.24) is 5.32 Å². The molecule has 0 saturated carbocycles. The van der Waals surface area contributed by atoms with Crippen LogP contribution in [-0.2, 0) is 0 Å². The largest absolute Gasteiger partial charge is 0.368 e. The molecule has 2 aromatic rings. The number of aryl methyl sites for hydroxylation is 2. The van der Waals surface area contributed by atoms with E-state index in [-0.39, 0.29) is 1.43 Å². The van der Waals surface area contributed by atoms with Gasteiger partial charge in [0.05, 0.1) is 5.69 Å². The van der Waals surface area contributed by atoms with E-state index in [1.807, 2.05) is 11.8 Å². The van der Waals surface area contributed by atoms with Crippen molar-refractivity contribution in [3.8, 4) is 0 Å². The summed E-state index contributed by atoms with van der Waals surface area (Å²) in [4.78, 5) is 5.19. The minimum Gasteiger partial charge on any atom is -0.368 e. The van der Waals surface area contributed by atoms with Crippen LogP contribution in [0.4, 0.5) is 5.69 Å². The highest BCUT2D eigenvalue weighted by Gasteiger charge is 2.14. The van der Waals surface area contributed by atoms with Gasteiger partial charge in [0.1, 0.15) is 0 Å². The summed E-state index contributed by atoms with van der Waals surface area (Å²) >= 11 is 1.88. The van der Waals surface area contributed by atoms with Crippen LogP contribution in [0.15, 0.2) is 52.3 Å². The Morgan fingerprint density at radius 2 is 1.76 bits per heavy atom. The summed E-state index contributed by atoms with van der Waals surface area (Å²) in [5, 5.41) is 3.42. The van der Waals surface area contributed by atoms with Crippen LogP contribution in [0.1, 0.15) is 12.6 Å². The van der Waals surface area contributed by atoms with Crippen molar-refractivity contribution in [2.24, 2.45) is 0 Å². The van der Waals surface area contributed by atoms with Crippen LogP contribution in [0, 0.1) is 13.8 Å². The van der Waals surface area contributed by atoms with E-state index in [0.29, 0.717) is 0 Å². The maximum atomic E-state index is 3.42. The minimum absolute atomic E-state index is 0. The molecule has 3 heteroatoms. The fourth-order valence-electron chi connectivity index (χ4n) is 2.74. The van der Waals surface area contributed by atoms with Gasteiger partial charge in [0, 0.05) is 37.4 Å². The molecule has 2 nitrogen and oxygen atoms in total. The second kappa shape index (κ2) is 6.54. The molecule has 3 rings (SSSR count). The number of rotatable bonds is 3. The van der Waals surface area contributed by atoms with Gasteiger partial charge in [0.15, 0.2) is 0 Å². The lowest BCUT2D eigenvalue weighted by molar-refractivity contribution is 0.587. The number of hydrogen-bond donors (Lipinski definition) is 1. The lowest BCUT2D eigenvalue weighted by Crippen LogP contribution is -2.43. The molecular weight excluding hydrogens is 276 g/mol. The van der Waals surface area contributed by atoms with E-state index in [9.17, 15) is 0 Å². The highest BCUT2D eigenvalue weighted by Crippen LogP contribution is 2.37. The topological polar surface area (TPSA) is 15.3 Å². The molecule has 1 saturated heterocycles. The minimum atomic E-state index is 0. The maximum absolute atomic E-state index is 3.42. The monoisotopic (exact) mass is 300 g/mol. The molecular formula is C18H23N2S. The average molecular weight is 300 g/mol. The van der Waals surface area contributed by atoms with Gasteiger partial charge in [-0.2, -0.15) is 0 Å². The van der Waals surface area contributed by atoms with E-state index in [1.165, 1.54) is 26.6 Å². The fraction of sp³-hybridized carbons (Fsp3) is 0.333. The van der Waals surface area contributed by atoms with Crippen molar-refractivity contribution in [3.63, 3.8) is 0 Å². The zero-order valence-corrected chi connectivity index (χ0v) is 13.5. The molecule has 0 amide bonds. The highest BCUT2D eigenvalue weighted by molar-refractivity contribution is 7.99. The highest BCUT2D eigenvalue weighted by atomic mass is 32.2. The summed E-state index contributed by atoms with van der Waals surface area (Å²) in [5.41, 5.74) is 4.05. The zero-order valence-electron chi connectivity index (χ0n) is 13.7. The van der Waals surface area contributed by atoms with Gasteiger partial charge >= 0.3 is 0 Å². The number of hydrogen-bond acceptors (Lipinski definition) is 3. The van der Waals surface area contributed by atoms with Gasteiger partial charge < -0.3 is 10.2 Å². The molecule has 1 aliphatic rings. The molecule has 0 aromatic heterocycles. The summed E-state index contributed by atoms with van der Waals surface area (Å²) in [5.74, 6) is 0. The Morgan fingerprint density at radius 1 is 1.00 bits per heavy atom. The van der Waals surface area contributed by atoms with Crippen LogP contribution in [0.5, 0.6) is 0 Å². The summed E-state index contributed by atoms with van der Waals surface area (Å²) in [6.07, 6.45) is 0. The average Bonchev–Trinajstić information content (AvgIpc) is 2.51. The Bertz CT molecular complexity index is 624. The standard InChI is InChI=1S/C18H22N2S.H/c1-14-7-8-17(15(2)13-14)21-18-6-4-3-5-16(18)20-11-9-19-10-12-20;/h3-8,13,19H,9-12H2,1-2H3;/i;1+1. The molecule has 1 aliphatic heterocycles. The van der Waals surface area contributed by atoms with Crippen LogP contribution in [-0.4, -0.2) is 26.2 Å². The Morgan fingerprint density at radius 3 is 2.52 bits per heavy atom. The number of para-hydroxylation sites is 1. The van der Waals surface area contributed by atoms with E-state index >= 15 is 0 Å². The summed E-state index contributed by atoms with van der Waals surface area (Å²) in [6.45, 7) is 8.67. The molecule has 1 N–H and O–H groups in total. The van der Waals surface area contributed by atoms with Gasteiger partial charge in [-0.05, 0) is 37.6 Å². The lowest BCUT2D eigenvalue weighted by Gasteiger charge is -2.31. The van der Waals surface area contributed by atoms with Crippen LogP contribution in [0.3, 0.4) is 0 Å². The first-order valence-electron chi connectivity index (χ1n) is 7.54. The molecule has 21 heavy (non-hydrogen) atoms.